The van der Waals surface area contributed by atoms with Crippen LogP contribution in [0.25, 0.3) is 11.1 Å². The molecular formula is C25H25ClFN7O. The maximum Gasteiger partial charge on any atom is 0.258 e. The molecular weight excluding hydrogens is 469 g/mol. The molecule has 1 aliphatic carbocycles. The molecule has 180 valence electrons. The molecule has 0 saturated heterocycles. The number of nitrogens with zero attached hydrogens (tertiary/aromatic N) is 5. The number of nitrogens with one attached hydrogen (secondary N) is 1. The van der Waals surface area contributed by atoms with Crippen molar-refractivity contribution in [3.05, 3.63) is 57.8 Å². The third-order valence-electron chi connectivity index (χ3n) is 7.13. The molecule has 0 radical (unpaired) electrons. The zero-order valence-electron chi connectivity index (χ0n) is 19.7. The van der Waals surface area contributed by atoms with E-state index in [1.807, 2.05) is 11.6 Å². The molecule has 35 heavy (non-hydrogen) atoms. The number of hydrogen-bond donors (Lipinski definition) is 2. The molecule has 5 rings (SSSR count). The predicted molar refractivity (Wildman–Crippen MR) is 132 cm³/mol. The van der Waals surface area contributed by atoms with E-state index in [9.17, 15) is 10.1 Å². The van der Waals surface area contributed by atoms with Crippen molar-refractivity contribution in [2.24, 2.45) is 0 Å². The number of aryl methyl sites for hydroxylation is 1. The summed E-state index contributed by atoms with van der Waals surface area (Å²) < 4.78 is 17.4. The fourth-order valence-electron chi connectivity index (χ4n) is 5.45. The maximum atomic E-state index is 15.6. The molecule has 1 saturated carbocycles. The van der Waals surface area contributed by atoms with Crippen LogP contribution in [0.1, 0.15) is 52.6 Å². The first kappa shape index (κ1) is 23.1. The number of carbonyl (C=O) groups is 1. The minimum Gasteiger partial charge on any atom is -0.398 e. The summed E-state index contributed by atoms with van der Waals surface area (Å²) in [7, 11) is 3.09. The second-order valence-electron chi connectivity index (χ2n) is 9.56. The molecule has 2 atom stereocenters. The highest BCUT2D eigenvalue weighted by Crippen LogP contribution is 2.54. The number of fused-ring (bicyclic) bond motifs is 2. The van der Waals surface area contributed by atoms with Crippen LogP contribution < -0.4 is 11.1 Å². The van der Waals surface area contributed by atoms with Gasteiger partial charge in [-0.1, -0.05) is 11.6 Å². The lowest BCUT2D eigenvalue weighted by atomic mass is 9.80. The van der Waals surface area contributed by atoms with Crippen molar-refractivity contribution in [1.82, 2.24) is 19.7 Å². The number of hydrogen-bond acceptors (Lipinski definition) is 6. The van der Waals surface area contributed by atoms with Crippen LogP contribution in [0.15, 0.2) is 24.4 Å². The molecule has 1 spiro atoms. The van der Waals surface area contributed by atoms with E-state index in [2.05, 4.69) is 21.5 Å². The van der Waals surface area contributed by atoms with Crippen LogP contribution in [0, 0.1) is 24.1 Å². The number of nitrogen functional groups attached to an aromatic ring is 1. The van der Waals surface area contributed by atoms with E-state index in [1.165, 1.54) is 23.2 Å². The molecule has 0 bridgehead atoms. The first-order chi connectivity index (χ1) is 16.7. The highest BCUT2D eigenvalue weighted by Gasteiger charge is 2.48. The van der Waals surface area contributed by atoms with Crippen LogP contribution in [0.4, 0.5) is 15.9 Å². The highest BCUT2D eigenvalue weighted by molar-refractivity contribution is 6.34. The lowest BCUT2D eigenvalue weighted by Crippen LogP contribution is -2.26. The van der Waals surface area contributed by atoms with Crippen molar-refractivity contribution < 1.29 is 9.18 Å². The van der Waals surface area contributed by atoms with E-state index in [0.717, 1.165) is 30.5 Å². The number of pyridine rings is 1. The van der Waals surface area contributed by atoms with Gasteiger partial charge in [0.05, 0.1) is 22.3 Å². The largest absolute Gasteiger partial charge is 0.398 e. The van der Waals surface area contributed by atoms with Gasteiger partial charge in [-0.2, -0.15) is 10.4 Å². The van der Waals surface area contributed by atoms with Gasteiger partial charge in [0.25, 0.3) is 5.91 Å². The third kappa shape index (κ3) is 3.51. The normalized spacial score (nSPS) is 20.5. The molecule has 3 aromatic rings. The van der Waals surface area contributed by atoms with Gasteiger partial charge in [-0.3, -0.25) is 9.48 Å². The zero-order valence-corrected chi connectivity index (χ0v) is 20.4. The van der Waals surface area contributed by atoms with E-state index in [4.69, 9.17) is 17.3 Å². The second kappa shape index (κ2) is 8.24. The average molecular weight is 494 g/mol. The van der Waals surface area contributed by atoms with E-state index in [0.29, 0.717) is 28.6 Å². The highest BCUT2D eigenvalue weighted by atomic mass is 35.5. The van der Waals surface area contributed by atoms with Crippen LogP contribution in [0.5, 0.6) is 0 Å². The minimum atomic E-state index is -0.720. The van der Waals surface area contributed by atoms with E-state index < -0.39 is 11.7 Å². The van der Waals surface area contributed by atoms with Crippen molar-refractivity contribution in [3.8, 4) is 17.2 Å². The van der Waals surface area contributed by atoms with Crippen LogP contribution >= 0.6 is 11.6 Å². The van der Waals surface area contributed by atoms with Gasteiger partial charge >= 0.3 is 0 Å². The van der Waals surface area contributed by atoms with Gasteiger partial charge in [0, 0.05) is 54.6 Å². The smallest absolute Gasteiger partial charge is 0.258 e. The molecule has 3 heterocycles. The molecule has 3 N–H and O–H groups in total. The van der Waals surface area contributed by atoms with Gasteiger partial charge in [-0.25, -0.2) is 9.37 Å². The molecule has 2 aromatic heterocycles. The standard InChI is InChI=1S/C25H25ClFN7O/c1-13-8-15(10-28)34(32-13)14-6-7-25(9-14)12-31-23-20(25)21(26)17(11-30-23)16-4-5-18(29)19(22(16)27)24(35)33(2)3/h4-5,8,11,14H,6-7,9,12,29H2,1-3H3,(H,30,31)/t14-,25+/m1/s1. The Hall–Kier alpha value is -3.64. The van der Waals surface area contributed by atoms with Crippen LogP contribution in [-0.2, 0) is 5.41 Å². The summed E-state index contributed by atoms with van der Waals surface area (Å²) in [5, 5.41) is 17.8. The molecule has 1 aromatic carbocycles. The summed E-state index contributed by atoms with van der Waals surface area (Å²) in [5.74, 6) is -0.564. The number of nitrogens with two attached hydrogens (primary N) is 1. The van der Waals surface area contributed by atoms with Gasteiger partial charge < -0.3 is 16.0 Å². The topological polar surface area (TPSA) is 113 Å². The lowest BCUT2D eigenvalue weighted by Gasteiger charge is -2.25. The Bertz CT molecular complexity index is 1410. The molecule has 10 heteroatoms. The van der Waals surface area contributed by atoms with Gasteiger partial charge in [0.2, 0.25) is 0 Å². The number of amides is 1. The number of halogens is 2. The number of benzene rings is 1. The lowest BCUT2D eigenvalue weighted by molar-refractivity contribution is 0.0824. The number of carbonyl (C=O) groups excluding carboxylic acids is 1. The summed E-state index contributed by atoms with van der Waals surface area (Å²) in [6, 6.07) is 7.11. The van der Waals surface area contributed by atoms with Gasteiger partial charge in [0.1, 0.15) is 23.4 Å². The fraction of sp³-hybridized carbons (Fsp3) is 0.360. The number of anilines is 2. The van der Waals surface area contributed by atoms with Gasteiger partial charge in [-0.05, 0) is 44.4 Å². The van der Waals surface area contributed by atoms with Crippen LogP contribution in [0.3, 0.4) is 0 Å². The first-order valence-electron chi connectivity index (χ1n) is 11.4. The molecule has 1 aliphatic heterocycles. The predicted octanol–water partition coefficient (Wildman–Crippen LogP) is 4.29. The van der Waals surface area contributed by atoms with Crippen molar-refractivity contribution in [3.63, 3.8) is 0 Å². The third-order valence-corrected chi connectivity index (χ3v) is 7.52. The molecule has 1 fully saturated rings. The Balaban J connectivity index is 1.58. The second-order valence-corrected chi connectivity index (χ2v) is 9.94. The summed E-state index contributed by atoms with van der Waals surface area (Å²) in [6.45, 7) is 2.52. The Labute approximate surface area is 207 Å². The van der Waals surface area contributed by atoms with Gasteiger partial charge in [-0.15, -0.1) is 0 Å². The fourth-order valence-corrected chi connectivity index (χ4v) is 5.89. The summed E-state index contributed by atoms with van der Waals surface area (Å²) in [4.78, 5) is 18.4. The van der Waals surface area contributed by atoms with Crippen molar-refractivity contribution in [2.45, 2.75) is 37.6 Å². The molecule has 0 unspecified atom stereocenters. The van der Waals surface area contributed by atoms with E-state index in [1.54, 1.807) is 20.2 Å². The zero-order chi connectivity index (χ0) is 25.1. The minimum absolute atomic E-state index is 0.0448. The Morgan fingerprint density at radius 3 is 2.89 bits per heavy atom. The van der Waals surface area contributed by atoms with Crippen LogP contribution in [0.2, 0.25) is 5.02 Å². The monoisotopic (exact) mass is 493 g/mol. The van der Waals surface area contributed by atoms with Crippen molar-refractivity contribution in [2.75, 3.05) is 31.7 Å². The molecule has 8 nitrogen and oxygen atoms in total. The average Bonchev–Trinajstić information content (AvgIpc) is 3.52. The number of aromatic nitrogens is 3. The summed E-state index contributed by atoms with van der Waals surface area (Å²) in [6.07, 6.45) is 3.90. The molecule has 2 aliphatic rings. The van der Waals surface area contributed by atoms with Crippen LogP contribution in [-0.4, -0.2) is 46.2 Å². The van der Waals surface area contributed by atoms with Crippen molar-refractivity contribution >= 4 is 29.0 Å². The van der Waals surface area contributed by atoms with Gasteiger partial charge in [0.15, 0.2) is 0 Å². The van der Waals surface area contributed by atoms with E-state index >= 15 is 4.39 Å². The molecule has 1 amide bonds. The Morgan fingerprint density at radius 2 is 2.17 bits per heavy atom. The quantitative estimate of drug-likeness (QED) is 0.526. The van der Waals surface area contributed by atoms with E-state index in [-0.39, 0.29) is 28.3 Å². The Morgan fingerprint density at radius 1 is 1.40 bits per heavy atom. The summed E-state index contributed by atoms with van der Waals surface area (Å²) in [5.41, 5.74) is 8.28. The maximum absolute atomic E-state index is 15.6. The number of rotatable bonds is 3. The SMILES string of the molecule is Cc1cc(C#N)n([C@@H]2CC[C@@]3(CNc4ncc(-c5ccc(N)c(C(=O)N(C)C)c5F)c(Cl)c43)C2)n1. The number of nitriles is 1. The Kier molecular flexibility index (Phi) is 5.44. The van der Waals surface area contributed by atoms with Crippen molar-refractivity contribution in [1.29, 1.82) is 5.26 Å². The first-order valence-corrected chi connectivity index (χ1v) is 11.7. The summed E-state index contributed by atoms with van der Waals surface area (Å²) >= 11 is 6.97.